The van der Waals surface area contributed by atoms with E-state index in [1.807, 2.05) is 0 Å². The molecule has 1 rings (SSSR count). The van der Waals surface area contributed by atoms with Crippen LogP contribution in [0.1, 0.15) is 0 Å². The van der Waals surface area contributed by atoms with Crippen molar-refractivity contribution >= 4 is 5.97 Å². The summed E-state index contributed by atoms with van der Waals surface area (Å²) in [6, 6.07) is 0. The lowest BCUT2D eigenvalue weighted by atomic mass is 10.2. The summed E-state index contributed by atoms with van der Waals surface area (Å²) < 4.78 is 4.39. The number of carbonyl (C=O) groups excluding carboxylic acids is 1. The van der Waals surface area contributed by atoms with Crippen LogP contribution in [0, 0.1) is 0 Å². The van der Waals surface area contributed by atoms with E-state index in [-0.39, 0.29) is 12.2 Å². The van der Waals surface area contributed by atoms with Crippen molar-refractivity contribution in [2.75, 3.05) is 6.61 Å². The predicted octanol–water partition coefficient (Wildman–Crippen LogP) is -0.540. The molecule has 1 atom stereocenters. The van der Waals surface area contributed by atoms with Crippen molar-refractivity contribution in [2.24, 2.45) is 0 Å². The highest BCUT2D eigenvalue weighted by molar-refractivity contribution is 5.90. The van der Waals surface area contributed by atoms with Crippen LogP contribution in [0.4, 0.5) is 0 Å². The highest BCUT2D eigenvalue weighted by atomic mass is 16.6. The molecule has 1 fully saturated rings. The molecule has 0 spiro atoms. The predicted molar refractivity (Wildman–Crippen MR) is 26.1 cm³/mol. The monoisotopic (exact) mass is 114 g/mol. The molecule has 0 saturated carbocycles. The van der Waals surface area contributed by atoms with Gasteiger partial charge in [0.25, 0.3) is 0 Å². The molecule has 44 valence electrons. The molecule has 8 heavy (non-hydrogen) atoms. The highest BCUT2D eigenvalue weighted by Gasteiger charge is 2.25. The number of esters is 1. The molecule has 1 aliphatic rings. The van der Waals surface area contributed by atoms with Crippen LogP contribution < -0.4 is 0 Å². The van der Waals surface area contributed by atoms with Gasteiger partial charge in [0, 0.05) is 0 Å². The van der Waals surface area contributed by atoms with Crippen molar-refractivity contribution in [1.82, 2.24) is 0 Å². The fourth-order valence-electron chi connectivity index (χ4n) is 0.484. The molecule has 1 heterocycles. The van der Waals surface area contributed by atoms with E-state index < -0.39 is 12.1 Å². The third-order valence-corrected chi connectivity index (χ3v) is 1.04. The van der Waals surface area contributed by atoms with E-state index >= 15 is 0 Å². The van der Waals surface area contributed by atoms with Gasteiger partial charge in [-0.3, -0.25) is 0 Å². The van der Waals surface area contributed by atoms with Crippen LogP contribution in [0.15, 0.2) is 12.2 Å². The molecule has 1 unspecified atom stereocenters. The largest absolute Gasteiger partial charge is 0.459 e. The van der Waals surface area contributed by atoms with Crippen molar-refractivity contribution in [2.45, 2.75) is 6.10 Å². The fraction of sp³-hybridized carbons (Fsp3) is 0.400. The molecular weight excluding hydrogens is 108 g/mol. The van der Waals surface area contributed by atoms with Crippen LogP contribution in [0.3, 0.4) is 0 Å². The smallest absolute Gasteiger partial charge is 0.336 e. The Morgan fingerprint density at radius 2 is 2.50 bits per heavy atom. The number of hydrogen-bond acceptors (Lipinski definition) is 3. The molecule has 0 aromatic rings. The van der Waals surface area contributed by atoms with Crippen molar-refractivity contribution in [3.63, 3.8) is 0 Å². The van der Waals surface area contributed by atoms with E-state index in [2.05, 4.69) is 11.3 Å². The molecule has 0 aromatic heterocycles. The zero-order valence-corrected chi connectivity index (χ0v) is 4.26. The Kier molecular flexibility index (Phi) is 1.06. The Morgan fingerprint density at radius 1 is 1.88 bits per heavy atom. The molecule has 3 heteroatoms. The number of hydrogen-bond donors (Lipinski definition) is 1. The van der Waals surface area contributed by atoms with E-state index in [0.717, 1.165) is 0 Å². The van der Waals surface area contributed by atoms with Gasteiger partial charge >= 0.3 is 5.97 Å². The highest BCUT2D eigenvalue weighted by Crippen LogP contribution is 2.10. The first-order valence-electron chi connectivity index (χ1n) is 2.26. The molecule has 1 N–H and O–H groups in total. The van der Waals surface area contributed by atoms with Gasteiger partial charge < -0.3 is 9.84 Å². The van der Waals surface area contributed by atoms with Crippen LogP contribution >= 0.6 is 0 Å². The average Bonchev–Trinajstić information content (AvgIpc) is 1.98. The Labute approximate surface area is 46.6 Å². The van der Waals surface area contributed by atoms with Crippen molar-refractivity contribution in [3.8, 4) is 0 Å². The molecule has 0 radical (unpaired) electrons. The molecule has 0 amide bonds. The average molecular weight is 114 g/mol. The van der Waals surface area contributed by atoms with Gasteiger partial charge in [-0.05, 0) is 0 Å². The van der Waals surface area contributed by atoms with Gasteiger partial charge in [-0.15, -0.1) is 0 Å². The van der Waals surface area contributed by atoms with Crippen LogP contribution in [-0.2, 0) is 9.53 Å². The SMILES string of the molecule is C=C1C(=O)OCC1O. The van der Waals surface area contributed by atoms with Crippen molar-refractivity contribution in [3.05, 3.63) is 12.2 Å². The molecule has 3 nitrogen and oxygen atoms in total. The summed E-state index contributed by atoms with van der Waals surface area (Å²) in [4.78, 5) is 10.3. The molecule has 1 saturated heterocycles. The summed E-state index contributed by atoms with van der Waals surface area (Å²) in [5, 5.41) is 8.72. The second-order valence-corrected chi connectivity index (χ2v) is 1.64. The second-order valence-electron chi connectivity index (χ2n) is 1.64. The number of cyclic esters (lactones) is 1. The Bertz CT molecular complexity index is 139. The Hall–Kier alpha value is -0.830. The quantitative estimate of drug-likeness (QED) is 0.340. The maximum absolute atomic E-state index is 10.3. The molecule has 1 aliphatic heterocycles. The standard InChI is InChI=1S/C5H6O3/c1-3-4(6)2-8-5(3)7/h4,6H,1-2H2. The van der Waals surface area contributed by atoms with Gasteiger partial charge in [-0.2, -0.15) is 0 Å². The number of carbonyl (C=O) groups is 1. The van der Waals surface area contributed by atoms with Gasteiger partial charge in [-0.1, -0.05) is 6.58 Å². The normalized spacial score (nSPS) is 28.4. The van der Waals surface area contributed by atoms with Crippen LogP contribution in [-0.4, -0.2) is 23.8 Å². The third kappa shape index (κ3) is 0.607. The third-order valence-electron chi connectivity index (χ3n) is 1.04. The number of rotatable bonds is 0. The van der Waals surface area contributed by atoms with E-state index in [0.29, 0.717) is 0 Å². The van der Waals surface area contributed by atoms with Gasteiger partial charge in [0.1, 0.15) is 12.7 Å². The molecule has 0 aromatic carbocycles. The van der Waals surface area contributed by atoms with Crippen molar-refractivity contribution < 1.29 is 14.6 Å². The fourth-order valence-corrected chi connectivity index (χ4v) is 0.484. The minimum Gasteiger partial charge on any atom is -0.459 e. The van der Waals surface area contributed by atoms with Gasteiger partial charge in [0.05, 0.1) is 5.57 Å². The van der Waals surface area contributed by atoms with Crippen molar-refractivity contribution in [1.29, 1.82) is 0 Å². The van der Waals surface area contributed by atoms with Crippen LogP contribution in [0.2, 0.25) is 0 Å². The van der Waals surface area contributed by atoms with Gasteiger partial charge in [0.2, 0.25) is 0 Å². The first-order chi connectivity index (χ1) is 3.72. The zero-order chi connectivity index (χ0) is 6.15. The summed E-state index contributed by atoms with van der Waals surface area (Å²) in [5.41, 5.74) is 0.157. The lowest BCUT2D eigenvalue weighted by Gasteiger charge is -1.90. The lowest BCUT2D eigenvalue weighted by molar-refractivity contribution is -0.135. The summed E-state index contributed by atoms with van der Waals surface area (Å²) in [6.07, 6.45) is -0.775. The maximum atomic E-state index is 10.3. The topological polar surface area (TPSA) is 46.5 Å². The summed E-state index contributed by atoms with van der Waals surface area (Å²) in [5.74, 6) is -0.488. The van der Waals surface area contributed by atoms with E-state index in [1.54, 1.807) is 0 Å². The minimum atomic E-state index is -0.775. The van der Waals surface area contributed by atoms with E-state index in [4.69, 9.17) is 5.11 Å². The first-order valence-corrected chi connectivity index (χ1v) is 2.26. The van der Waals surface area contributed by atoms with Crippen LogP contribution in [0.25, 0.3) is 0 Å². The maximum Gasteiger partial charge on any atom is 0.336 e. The minimum absolute atomic E-state index is 0.0671. The second kappa shape index (κ2) is 1.59. The first kappa shape index (κ1) is 5.31. The Morgan fingerprint density at radius 3 is 2.62 bits per heavy atom. The Balaban J connectivity index is 2.71. The molecule has 0 bridgehead atoms. The van der Waals surface area contributed by atoms with Crippen LogP contribution in [0.5, 0.6) is 0 Å². The van der Waals surface area contributed by atoms with E-state index in [1.165, 1.54) is 0 Å². The molecule has 0 aliphatic carbocycles. The summed E-state index contributed by atoms with van der Waals surface area (Å²) >= 11 is 0. The summed E-state index contributed by atoms with van der Waals surface area (Å²) in [7, 11) is 0. The molecular formula is C5H6O3. The number of aliphatic hydroxyl groups is 1. The van der Waals surface area contributed by atoms with Gasteiger partial charge in [-0.25, -0.2) is 4.79 Å². The lowest BCUT2D eigenvalue weighted by Crippen LogP contribution is -2.06. The number of ether oxygens (including phenoxy) is 1. The van der Waals surface area contributed by atoms with E-state index in [9.17, 15) is 4.79 Å². The number of aliphatic hydroxyl groups excluding tert-OH is 1. The van der Waals surface area contributed by atoms with Gasteiger partial charge in [0.15, 0.2) is 0 Å². The zero-order valence-electron chi connectivity index (χ0n) is 4.26. The summed E-state index contributed by atoms with van der Waals surface area (Å²) in [6.45, 7) is 3.36.